The highest BCUT2D eigenvalue weighted by atomic mass is 16.2. The number of pyridine rings is 1. The number of nitrogens with two attached hydrogens (primary N) is 1. The lowest BCUT2D eigenvalue weighted by Crippen LogP contribution is -2.34. The molecule has 0 radical (unpaired) electrons. The summed E-state index contributed by atoms with van der Waals surface area (Å²) >= 11 is 0. The third kappa shape index (κ3) is 2.20. The van der Waals surface area contributed by atoms with Gasteiger partial charge in [-0.25, -0.2) is 0 Å². The van der Waals surface area contributed by atoms with Crippen molar-refractivity contribution in [2.24, 2.45) is 5.73 Å². The average molecular weight is 195 g/mol. The van der Waals surface area contributed by atoms with Crippen LogP contribution < -0.4 is 11.2 Å². The van der Waals surface area contributed by atoms with E-state index in [1.807, 2.05) is 0 Å². The number of carbonyl (C=O) groups excluding carboxylic acids is 1. The van der Waals surface area contributed by atoms with Crippen LogP contribution in [0.1, 0.15) is 10.4 Å². The molecule has 0 aromatic carbocycles. The van der Waals surface area contributed by atoms with Gasteiger partial charge in [-0.05, 0) is 0 Å². The molecule has 0 saturated carbocycles. The number of likely N-dealkylation sites (N-methyl/N-ethyl adjacent to an activating group) is 1. The Balaban J connectivity index is 2.90. The monoisotopic (exact) mass is 195 g/mol. The molecule has 3 N–H and O–H groups in total. The minimum absolute atomic E-state index is 0.142. The number of hydrogen-bond acceptors (Lipinski definition) is 3. The largest absolute Gasteiger partial charge is 0.367 e. The van der Waals surface area contributed by atoms with Crippen molar-refractivity contribution in [1.29, 1.82) is 0 Å². The van der Waals surface area contributed by atoms with E-state index in [2.05, 4.69) is 4.98 Å². The molecular formula is C9H13N3O2. The van der Waals surface area contributed by atoms with Gasteiger partial charge in [0.25, 0.3) is 5.91 Å². The molecule has 0 fully saturated rings. The van der Waals surface area contributed by atoms with Gasteiger partial charge in [0.05, 0.1) is 0 Å². The van der Waals surface area contributed by atoms with Crippen molar-refractivity contribution < 1.29 is 4.79 Å². The number of hydrogen-bond donors (Lipinski definition) is 2. The predicted octanol–water partition coefficient (Wildman–Crippen LogP) is -0.594. The van der Waals surface area contributed by atoms with Crippen LogP contribution in [0.2, 0.25) is 0 Å². The third-order valence-electron chi connectivity index (χ3n) is 1.87. The van der Waals surface area contributed by atoms with Crippen LogP contribution in [0, 0.1) is 0 Å². The normalized spacial score (nSPS) is 9.86. The van der Waals surface area contributed by atoms with Crippen LogP contribution in [0.4, 0.5) is 0 Å². The molecule has 0 aliphatic carbocycles. The number of nitrogens with one attached hydrogen (secondary N) is 1. The highest BCUT2D eigenvalue weighted by molar-refractivity contribution is 5.93. The zero-order valence-electron chi connectivity index (χ0n) is 7.99. The van der Waals surface area contributed by atoms with E-state index in [-0.39, 0.29) is 16.9 Å². The smallest absolute Gasteiger partial charge is 0.259 e. The molecule has 1 amide bonds. The Hall–Kier alpha value is -1.62. The molecule has 1 heterocycles. The first-order chi connectivity index (χ1) is 6.66. The van der Waals surface area contributed by atoms with Crippen molar-refractivity contribution >= 4 is 5.91 Å². The Bertz CT molecular complexity index is 372. The number of rotatable bonds is 3. The maximum absolute atomic E-state index is 11.6. The van der Waals surface area contributed by atoms with Crippen molar-refractivity contribution in [2.75, 3.05) is 20.1 Å². The summed E-state index contributed by atoms with van der Waals surface area (Å²) in [6, 6.07) is 1.32. The van der Waals surface area contributed by atoms with Gasteiger partial charge < -0.3 is 15.6 Å². The lowest BCUT2D eigenvalue weighted by Gasteiger charge is -2.14. The summed E-state index contributed by atoms with van der Waals surface area (Å²) in [4.78, 5) is 27.0. The molecule has 0 aliphatic rings. The molecule has 1 aromatic rings. The molecule has 1 rings (SSSR count). The zero-order chi connectivity index (χ0) is 10.6. The van der Waals surface area contributed by atoms with Gasteiger partial charge in [0.15, 0.2) is 5.43 Å². The van der Waals surface area contributed by atoms with Gasteiger partial charge in [0.2, 0.25) is 0 Å². The first-order valence-corrected chi connectivity index (χ1v) is 4.29. The summed E-state index contributed by atoms with van der Waals surface area (Å²) in [5.74, 6) is -0.308. The number of aromatic amines is 1. The minimum atomic E-state index is -0.308. The van der Waals surface area contributed by atoms with Gasteiger partial charge in [-0.2, -0.15) is 0 Å². The van der Waals surface area contributed by atoms with E-state index in [1.54, 1.807) is 7.05 Å². The van der Waals surface area contributed by atoms with Crippen molar-refractivity contribution in [1.82, 2.24) is 9.88 Å². The SMILES string of the molecule is CN(CCN)C(=O)c1c[nH]ccc1=O. The minimum Gasteiger partial charge on any atom is -0.367 e. The summed E-state index contributed by atoms with van der Waals surface area (Å²) in [6.07, 6.45) is 2.89. The van der Waals surface area contributed by atoms with Gasteiger partial charge in [0.1, 0.15) is 5.56 Å². The molecule has 5 nitrogen and oxygen atoms in total. The molecule has 0 unspecified atom stereocenters. The first kappa shape index (κ1) is 10.5. The molecule has 0 atom stereocenters. The maximum Gasteiger partial charge on any atom is 0.259 e. The first-order valence-electron chi connectivity index (χ1n) is 4.29. The molecule has 0 spiro atoms. The summed E-state index contributed by atoms with van der Waals surface area (Å²) < 4.78 is 0. The molecule has 0 aliphatic heterocycles. The molecule has 0 saturated heterocycles. The van der Waals surface area contributed by atoms with Crippen molar-refractivity contribution in [2.45, 2.75) is 0 Å². The van der Waals surface area contributed by atoms with E-state index in [0.717, 1.165) is 0 Å². The van der Waals surface area contributed by atoms with Crippen LogP contribution in [0.15, 0.2) is 23.3 Å². The van der Waals surface area contributed by atoms with Crippen LogP contribution in [0.3, 0.4) is 0 Å². The number of aromatic nitrogens is 1. The van der Waals surface area contributed by atoms with E-state index >= 15 is 0 Å². The van der Waals surface area contributed by atoms with Crippen molar-refractivity contribution in [3.63, 3.8) is 0 Å². The maximum atomic E-state index is 11.6. The van der Waals surface area contributed by atoms with Gasteiger partial charge in [0, 0.05) is 38.6 Å². The fourth-order valence-electron chi connectivity index (χ4n) is 1.08. The second kappa shape index (κ2) is 4.57. The van der Waals surface area contributed by atoms with Gasteiger partial charge >= 0.3 is 0 Å². The molecule has 1 aromatic heterocycles. The number of carbonyl (C=O) groups is 1. The highest BCUT2D eigenvalue weighted by Crippen LogP contribution is 1.94. The summed E-state index contributed by atoms with van der Waals surface area (Å²) in [6.45, 7) is 0.820. The third-order valence-corrected chi connectivity index (χ3v) is 1.87. The molecular weight excluding hydrogens is 182 g/mol. The lowest BCUT2D eigenvalue weighted by atomic mass is 10.2. The zero-order valence-corrected chi connectivity index (χ0v) is 7.99. The van der Waals surface area contributed by atoms with Crippen LogP contribution in [-0.2, 0) is 0 Å². The van der Waals surface area contributed by atoms with E-state index in [9.17, 15) is 9.59 Å². The van der Waals surface area contributed by atoms with Crippen LogP contribution >= 0.6 is 0 Å². The number of amides is 1. The Kier molecular flexibility index (Phi) is 3.41. The molecule has 14 heavy (non-hydrogen) atoms. The fraction of sp³-hybridized carbons (Fsp3) is 0.333. The summed E-state index contributed by atoms with van der Waals surface area (Å²) in [5.41, 5.74) is 5.17. The molecule has 5 heteroatoms. The highest BCUT2D eigenvalue weighted by Gasteiger charge is 2.13. The summed E-state index contributed by atoms with van der Waals surface area (Å²) in [7, 11) is 1.61. The van der Waals surface area contributed by atoms with Crippen molar-refractivity contribution in [3.8, 4) is 0 Å². The fourth-order valence-corrected chi connectivity index (χ4v) is 1.08. The lowest BCUT2D eigenvalue weighted by molar-refractivity contribution is 0.0797. The number of nitrogens with zero attached hydrogens (tertiary/aromatic N) is 1. The van der Waals surface area contributed by atoms with Gasteiger partial charge in [-0.1, -0.05) is 0 Å². The second-order valence-electron chi connectivity index (χ2n) is 2.94. The van der Waals surface area contributed by atoms with E-state index in [0.29, 0.717) is 13.1 Å². The van der Waals surface area contributed by atoms with Crippen LogP contribution in [0.25, 0.3) is 0 Å². The molecule has 76 valence electrons. The Labute approximate surface area is 81.5 Å². The Morgan fingerprint density at radius 1 is 1.64 bits per heavy atom. The second-order valence-corrected chi connectivity index (χ2v) is 2.94. The summed E-state index contributed by atoms with van der Waals surface area (Å²) in [5, 5.41) is 0. The van der Waals surface area contributed by atoms with Gasteiger partial charge in [-0.15, -0.1) is 0 Å². The van der Waals surface area contributed by atoms with E-state index < -0.39 is 0 Å². The van der Waals surface area contributed by atoms with E-state index in [4.69, 9.17) is 5.73 Å². The van der Waals surface area contributed by atoms with Crippen molar-refractivity contribution in [3.05, 3.63) is 34.2 Å². The standard InChI is InChI=1S/C9H13N3O2/c1-12(5-3-10)9(14)7-6-11-4-2-8(7)13/h2,4,6H,3,5,10H2,1H3,(H,11,13). The molecule has 0 bridgehead atoms. The Morgan fingerprint density at radius 3 is 2.93 bits per heavy atom. The van der Waals surface area contributed by atoms with Crippen LogP contribution in [0.5, 0.6) is 0 Å². The van der Waals surface area contributed by atoms with Crippen LogP contribution in [-0.4, -0.2) is 35.9 Å². The van der Waals surface area contributed by atoms with E-state index in [1.165, 1.54) is 23.4 Å². The number of H-pyrrole nitrogens is 1. The quantitative estimate of drug-likeness (QED) is 0.676. The topological polar surface area (TPSA) is 79.2 Å². The van der Waals surface area contributed by atoms with Gasteiger partial charge in [-0.3, -0.25) is 9.59 Å². The average Bonchev–Trinajstić information content (AvgIpc) is 2.18. The predicted molar refractivity (Wildman–Crippen MR) is 53.1 cm³/mol. The Morgan fingerprint density at radius 2 is 2.36 bits per heavy atom.